The van der Waals surface area contributed by atoms with Gasteiger partial charge in [-0.25, -0.2) is 9.97 Å². The molecule has 3 rings (SSSR count). The lowest BCUT2D eigenvalue weighted by Crippen LogP contribution is -2.40. The summed E-state index contributed by atoms with van der Waals surface area (Å²) in [7, 11) is 1.81. The summed E-state index contributed by atoms with van der Waals surface area (Å²) < 4.78 is 5.55. The van der Waals surface area contributed by atoms with Crippen molar-refractivity contribution < 1.29 is 4.74 Å². The fraction of sp³-hybridized carbons (Fsp3) is 0.750. The van der Waals surface area contributed by atoms with Crippen molar-refractivity contribution >= 4 is 11.6 Å². The van der Waals surface area contributed by atoms with Gasteiger partial charge in [0, 0.05) is 38.2 Å². The third-order valence-corrected chi connectivity index (χ3v) is 4.44. The van der Waals surface area contributed by atoms with Gasteiger partial charge < -0.3 is 15.0 Å². The number of anilines is 2. The van der Waals surface area contributed by atoms with Gasteiger partial charge in [0.1, 0.15) is 17.5 Å². The first-order chi connectivity index (χ1) is 10.2. The molecule has 1 unspecified atom stereocenters. The van der Waals surface area contributed by atoms with Crippen LogP contribution in [0.4, 0.5) is 11.6 Å². The summed E-state index contributed by atoms with van der Waals surface area (Å²) in [5.74, 6) is 3.70. The molecule has 1 saturated heterocycles. The summed E-state index contributed by atoms with van der Waals surface area (Å²) in [6.07, 6.45) is 5.09. The molecule has 0 radical (unpaired) electrons. The van der Waals surface area contributed by atoms with E-state index in [1.807, 2.05) is 0 Å². The summed E-state index contributed by atoms with van der Waals surface area (Å²) in [6.45, 7) is 7.12. The van der Waals surface area contributed by atoms with Gasteiger partial charge in [-0.15, -0.1) is 0 Å². The van der Waals surface area contributed by atoms with Gasteiger partial charge in [-0.2, -0.15) is 0 Å². The average Bonchev–Trinajstić information content (AvgIpc) is 3.34. The molecule has 116 valence electrons. The Bertz CT molecular complexity index is 501. The highest BCUT2D eigenvalue weighted by Crippen LogP contribution is 2.40. The Kier molecular flexibility index (Phi) is 4.29. The molecule has 1 aliphatic carbocycles. The van der Waals surface area contributed by atoms with E-state index in [2.05, 4.69) is 24.1 Å². The zero-order valence-corrected chi connectivity index (χ0v) is 13.4. The Morgan fingerprint density at radius 1 is 1.29 bits per heavy atom. The van der Waals surface area contributed by atoms with Crippen LogP contribution in [-0.2, 0) is 4.74 Å². The number of aromatic nitrogens is 2. The molecule has 0 aromatic carbocycles. The largest absolute Gasteiger partial charge is 0.380 e. The fourth-order valence-corrected chi connectivity index (χ4v) is 3.02. The second-order valence-corrected chi connectivity index (χ2v) is 6.13. The van der Waals surface area contributed by atoms with E-state index < -0.39 is 0 Å². The van der Waals surface area contributed by atoms with Crippen molar-refractivity contribution in [2.24, 2.45) is 0 Å². The maximum absolute atomic E-state index is 5.55. The molecule has 1 aliphatic heterocycles. The van der Waals surface area contributed by atoms with Gasteiger partial charge in [0.15, 0.2) is 0 Å². The van der Waals surface area contributed by atoms with Crippen LogP contribution < -0.4 is 10.2 Å². The average molecular weight is 290 g/mol. The first-order valence-corrected chi connectivity index (χ1v) is 8.13. The lowest BCUT2D eigenvalue weighted by Gasteiger charge is -2.34. The monoisotopic (exact) mass is 290 g/mol. The molecule has 2 heterocycles. The van der Waals surface area contributed by atoms with Crippen molar-refractivity contribution in [3.63, 3.8) is 0 Å². The second-order valence-electron chi connectivity index (χ2n) is 6.13. The van der Waals surface area contributed by atoms with E-state index in [-0.39, 0.29) is 0 Å². The molecule has 0 amide bonds. The number of nitrogens with one attached hydrogen (secondary N) is 1. The highest BCUT2D eigenvalue weighted by Gasteiger charge is 2.30. The van der Waals surface area contributed by atoms with Gasteiger partial charge in [-0.05, 0) is 39.5 Å². The minimum atomic E-state index is 0.320. The van der Waals surface area contributed by atoms with Crippen molar-refractivity contribution in [2.75, 3.05) is 37.0 Å². The van der Waals surface area contributed by atoms with Crippen molar-refractivity contribution in [3.8, 4) is 0 Å². The normalized spacial score (nSPS) is 22.4. The zero-order valence-electron chi connectivity index (χ0n) is 13.4. The van der Waals surface area contributed by atoms with Crippen LogP contribution in [0, 0.1) is 6.92 Å². The first-order valence-electron chi connectivity index (χ1n) is 8.13. The Morgan fingerprint density at radius 3 is 2.76 bits per heavy atom. The predicted octanol–water partition coefficient (Wildman–Crippen LogP) is 2.71. The lowest BCUT2D eigenvalue weighted by atomic mass is 10.1. The third kappa shape index (κ3) is 3.12. The number of nitrogens with zero attached hydrogens (tertiary/aromatic N) is 3. The minimum Gasteiger partial charge on any atom is -0.380 e. The number of rotatable bonds is 5. The Morgan fingerprint density at radius 2 is 2.10 bits per heavy atom. The molecule has 1 saturated carbocycles. The smallest absolute Gasteiger partial charge is 0.137 e. The van der Waals surface area contributed by atoms with E-state index in [4.69, 9.17) is 14.7 Å². The van der Waals surface area contributed by atoms with Gasteiger partial charge in [0.05, 0.1) is 6.10 Å². The van der Waals surface area contributed by atoms with E-state index in [0.717, 1.165) is 55.5 Å². The molecule has 21 heavy (non-hydrogen) atoms. The lowest BCUT2D eigenvalue weighted by molar-refractivity contribution is 0.0891. The predicted molar refractivity (Wildman–Crippen MR) is 85.2 cm³/mol. The minimum absolute atomic E-state index is 0.320. The van der Waals surface area contributed by atoms with E-state index in [1.54, 1.807) is 7.11 Å². The number of piperidine rings is 1. The van der Waals surface area contributed by atoms with Gasteiger partial charge in [0.25, 0.3) is 0 Å². The Hall–Kier alpha value is -1.36. The van der Waals surface area contributed by atoms with Crippen LogP contribution in [0.5, 0.6) is 0 Å². The van der Waals surface area contributed by atoms with Crippen molar-refractivity contribution in [3.05, 3.63) is 11.4 Å². The SMILES string of the molecule is CCNc1nc(C2CC2)nc(N2CCCC(OC)C2)c1C. The maximum atomic E-state index is 5.55. The summed E-state index contributed by atoms with van der Waals surface area (Å²) in [5, 5.41) is 3.39. The molecule has 1 aromatic rings. The topological polar surface area (TPSA) is 50.3 Å². The molecule has 1 atom stereocenters. The number of methoxy groups -OCH3 is 1. The Labute approximate surface area is 127 Å². The standard InChI is InChI=1S/C16H26N4O/c1-4-17-14-11(2)16(19-15(18-14)12-7-8-12)20-9-5-6-13(10-20)21-3/h12-13H,4-10H2,1-3H3,(H,17,18,19). The van der Waals surface area contributed by atoms with Gasteiger partial charge in [0.2, 0.25) is 0 Å². The molecule has 2 aliphatic rings. The highest BCUT2D eigenvalue weighted by molar-refractivity contribution is 5.59. The number of hydrogen-bond donors (Lipinski definition) is 1. The molecule has 0 spiro atoms. The Balaban J connectivity index is 1.91. The van der Waals surface area contributed by atoms with Crippen LogP contribution in [0.3, 0.4) is 0 Å². The fourth-order valence-electron chi connectivity index (χ4n) is 3.02. The van der Waals surface area contributed by atoms with E-state index >= 15 is 0 Å². The van der Waals surface area contributed by atoms with Crippen LogP contribution in [-0.4, -0.2) is 42.8 Å². The summed E-state index contributed by atoms with van der Waals surface area (Å²) >= 11 is 0. The van der Waals surface area contributed by atoms with E-state index in [0.29, 0.717) is 12.0 Å². The molecule has 5 nitrogen and oxygen atoms in total. The number of hydrogen-bond acceptors (Lipinski definition) is 5. The van der Waals surface area contributed by atoms with Crippen molar-refractivity contribution in [1.29, 1.82) is 0 Å². The molecule has 1 aromatic heterocycles. The maximum Gasteiger partial charge on any atom is 0.137 e. The zero-order chi connectivity index (χ0) is 14.8. The molecule has 1 N–H and O–H groups in total. The molecule has 0 bridgehead atoms. The molecule has 2 fully saturated rings. The van der Waals surface area contributed by atoms with Crippen molar-refractivity contribution in [1.82, 2.24) is 9.97 Å². The summed E-state index contributed by atoms with van der Waals surface area (Å²) in [5.41, 5.74) is 1.16. The van der Waals surface area contributed by atoms with Crippen LogP contribution in [0.15, 0.2) is 0 Å². The quantitative estimate of drug-likeness (QED) is 0.903. The first kappa shape index (κ1) is 14.6. The van der Waals surface area contributed by atoms with Crippen LogP contribution in [0.2, 0.25) is 0 Å². The molecular formula is C16H26N4O. The van der Waals surface area contributed by atoms with E-state index in [9.17, 15) is 0 Å². The van der Waals surface area contributed by atoms with Gasteiger partial charge >= 0.3 is 0 Å². The molecule has 5 heteroatoms. The van der Waals surface area contributed by atoms with Crippen molar-refractivity contribution in [2.45, 2.75) is 51.6 Å². The molecular weight excluding hydrogens is 264 g/mol. The summed E-state index contributed by atoms with van der Waals surface area (Å²) in [4.78, 5) is 12.0. The third-order valence-electron chi connectivity index (χ3n) is 4.44. The van der Waals surface area contributed by atoms with Crippen LogP contribution in [0.25, 0.3) is 0 Å². The second kappa shape index (κ2) is 6.18. The van der Waals surface area contributed by atoms with Crippen LogP contribution in [0.1, 0.15) is 49.9 Å². The van der Waals surface area contributed by atoms with E-state index in [1.165, 1.54) is 12.8 Å². The van der Waals surface area contributed by atoms with Gasteiger partial charge in [-0.3, -0.25) is 0 Å². The number of ether oxygens (including phenoxy) is 1. The summed E-state index contributed by atoms with van der Waals surface area (Å²) in [6, 6.07) is 0. The van der Waals surface area contributed by atoms with Gasteiger partial charge in [-0.1, -0.05) is 0 Å². The highest BCUT2D eigenvalue weighted by atomic mass is 16.5. The van der Waals surface area contributed by atoms with Crippen LogP contribution >= 0.6 is 0 Å².